The first-order valence-electron chi connectivity index (χ1n) is 6.14. The van der Waals surface area contributed by atoms with E-state index < -0.39 is 0 Å². The van der Waals surface area contributed by atoms with Crippen molar-refractivity contribution in [2.45, 2.75) is 13.3 Å². The van der Waals surface area contributed by atoms with Crippen LogP contribution < -0.4 is 4.74 Å². The first-order valence-corrected chi connectivity index (χ1v) is 6.14. The second kappa shape index (κ2) is 6.51. The van der Waals surface area contributed by atoms with E-state index in [4.69, 9.17) is 4.74 Å². The van der Waals surface area contributed by atoms with E-state index in [0.717, 1.165) is 17.7 Å². The third-order valence-electron chi connectivity index (χ3n) is 2.65. The number of para-hydroxylation sites is 1. The van der Waals surface area contributed by atoms with E-state index in [-0.39, 0.29) is 0 Å². The molecule has 0 aliphatic carbocycles. The van der Waals surface area contributed by atoms with Crippen LogP contribution in [0.15, 0.2) is 54.6 Å². The Labute approximate surface area is 108 Å². The van der Waals surface area contributed by atoms with Gasteiger partial charge in [0, 0.05) is 5.56 Å². The minimum absolute atomic E-state index is 0.416. The van der Waals surface area contributed by atoms with Crippen molar-refractivity contribution in [1.29, 1.82) is 0 Å². The van der Waals surface area contributed by atoms with Crippen LogP contribution in [0.5, 0.6) is 5.75 Å². The lowest BCUT2D eigenvalue weighted by atomic mass is 10.1. The molecule has 0 aromatic heterocycles. The molecule has 2 rings (SSSR count). The summed E-state index contributed by atoms with van der Waals surface area (Å²) in [6.07, 6.45) is 1.06. The van der Waals surface area contributed by atoms with E-state index in [0.29, 0.717) is 6.61 Å². The van der Waals surface area contributed by atoms with Crippen molar-refractivity contribution < 1.29 is 4.74 Å². The van der Waals surface area contributed by atoms with Gasteiger partial charge in [0.25, 0.3) is 0 Å². The highest BCUT2D eigenvalue weighted by molar-refractivity contribution is 5.36. The van der Waals surface area contributed by atoms with Crippen LogP contribution in [0, 0.1) is 11.8 Å². The fourth-order valence-corrected chi connectivity index (χ4v) is 1.60. The summed E-state index contributed by atoms with van der Waals surface area (Å²) in [7, 11) is 0. The summed E-state index contributed by atoms with van der Waals surface area (Å²) in [6, 6.07) is 18.1. The molecule has 0 aliphatic rings. The van der Waals surface area contributed by atoms with Gasteiger partial charge in [-0.05, 0) is 36.2 Å². The average molecular weight is 236 g/mol. The summed E-state index contributed by atoms with van der Waals surface area (Å²) < 4.78 is 5.50. The van der Waals surface area contributed by atoms with Gasteiger partial charge >= 0.3 is 0 Å². The second-order valence-corrected chi connectivity index (χ2v) is 3.95. The zero-order valence-electron chi connectivity index (χ0n) is 10.5. The minimum Gasteiger partial charge on any atom is -0.481 e. The molecule has 0 atom stereocenters. The van der Waals surface area contributed by atoms with Crippen molar-refractivity contribution in [2.24, 2.45) is 0 Å². The van der Waals surface area contributed by atoms with Gasteiger partial charge in [-0.2, -0.15) is 0 Å². The van der Waals surface area contributed by atoms with Crippen molar-refractivity contribution >= 4 is 0 Å². The van der Waals surface area contributed by atoms with Crippen molar-refractivity contribution in [1.82, 2.24) is 0 Å². The number of hydrogen-bond donors (Lipinski definition) is 0. The Morgan fingerprint density at radius 2 is 1.67 bits per heavy atom. The maximum absolute atomic E-state index is 5.50. The number of hydrogen-bond acceptors (Lipinski definition) is 1. The first kappa shape index (κ1) is 12.3. The van der Waals surface area contributed by atoms with E-state index in [2.05, 4.69) is 30.9 Å². The summed E-state index contributed by atoms with van der Waals surface area (Å²) in [4.78, 5) is 0. The molecular weight excluding hydrogens is 220 g/mol. The third kappa shape index (κ3) is 3.68. The molecular formula is C17H16O. The summed E-state index contributed by atoms with van der Waals surface area (Å²) in [5.74, 6) is 6.96. The molecule has 18 heavy (non-hydrogen) atoms. The first-order chi connectivity index (χ1) is 8.88. The number of aryl methyl sites for hydroxylation is 1. The maximum Gasteiger partial charge on any atom is 0.149 e. The normalized spacial score (nSPS) is 9.39. The molecule has 0 heterocycles. The van der Waals surface area contributed by atoms with Crippen LogP contribution in [0.1, 0.15) is 18.1 Å². The van der Waals surface area contributed by atoms with Crippen LogP contribution in [-0.2, 0) is 6.42 Å². The molecule has 0 saturated heterocycles. The van der Waals surface area contributed by atoms with Gasteiger partial charge in [0.2, 0.25) is 0 Å². The highest BCUT2D eigenvalue weighted by atomic mass is 16.5. The molecule has 1 heteroatoms. The smallest absolute Gasteiger partial charge is 0.149 e. The van der Waals surface area contributed by atoms with Crippen molar-refractivity contribution in [2.75, 3.05) is 6.61 Å². The maximum atomic E-state index is 5.50. The number of ether oxygens (including phenoxy) is 1. The Hall–Kier alpha value is -2.20. The van der Waals surface area contributed by atoms with Gasteiger partial charge in [-0.15, -0.1) is 0 Å². The van der Waals surface area contributed by atoms with Gasteiger partial charge in [-0.3, -0.25) is 0 Å². The van der Waals surface area contributed by atoms with Gasteiger partial charge < -0.3 is 4.74 Å². The molecule has 0 bridgehead atoms. The molecule has 0 N–H and O–H groups in total. The second-order valence-electron chi connectivity index (χ2n) is 3.95. The van der Waals surface area contributed by atoms with E-state index in [1.54, 1.807) is 0 Å². The number of benzene rings is 2. The van der Waals surface area contributed by atoms with Gasteiger partial charge in [-0.1, -0.05) is 49.1 Å². The monoisotopic (exact) mass is 236 g/mol. The topological polar surface area (TPSA) is 9.23 Å². The van der Waals surface area contributed by atoms with Crippen molar-refractivity contribution in [3.8, 4) is 17.6 Å². The van der Waals surface area contributed by atoms with Crippen LogP contribution in [0.2, 0.25) is 0 Å². The van der Waals surface area contributed by atoms with E-state index in [1.807, 2.05) is 42.5 Å². The lowest BCUT2D eigenvalue weighted by Gasteiger charge is -1.99. The summed E-state index contributed by atoms with van der Waals surface area (Å²) in [5.41, 5.74) is 2.37. The van der Waals surface area contributed by atoms with Crippen LogP contribution in [0.3, 0.4) is 0 Å². The molecule has 2 aromatic carbocycles. The lowest BCUT2D eigenvalue weighted by molar-refractivity contribution is 0.370. The van der Waals surface area contributed by atoms with E-state index in [9.17, 15) is 0 Å². The summed E-state index contributed by atoms with van der Waals surface area (Å²) >= 11 is 0. The summed E-state index contributed by atoms with van der Waals surface area (Å²) in [5, 5.41) is 0. The Morgan fingerprint density at radius 3 is 2.33 bits per heavy atom. The van der Waals surface area contributed by atoms with Crippen LogP contribution in [0.4, 0.5) is 0 Å². The molecule has 0 radical (unpaired) electrons. The van der Waals surface area contributed by atoms with Crippen LogP contribution in [0.25, 0.3) is 0 Å². The van der Waals surface area contributed by atoms with E-state index in [1.165, 1.54) is 5.56 Å². The molecule has 90 valence electrons. The van der Waals surface area contributed by atoms with Gasteiger partial charge in [-0.25, -0.2) is 0 Å². The van der Waals surface area contributed by atoms with Crippen molar-refractivity contribution in [3.05, 3.63) is 65.7 Å². The zero-order chi connectivity index (χ0) is 12.6. The molecule has 0 saturated carbocycles. The highest BCUT2D eigenvalue weighted by Gasteiger charge is 1.89. The standard InChI is InChI=1S/C17H16O/c1-2-15-10-12-16(13-11-15)7-6-14-18-17-8-4-3-5-9-17/h3-5,8-13H,2,14H2,1H3. The molecule has 1 nitrogen and oxygen atoms in total. The molecule has 0 fully saturated rings. The fourth-order valence-electron chi connectivity index (χ4n) is 1.60. The van der Waals surface area contributed by atoms with Gasteiger partial charge in [0.1, 0.15) is 12.4 Å². The quantitative estimate of drug-likeness (QED) is 0.739. The SMILES string of the molecule is CCc1ccc(C#CCOc2ccccc2)cc1. The molecule has 0 unspecified atom stereocenters. The van der Waals surface area contributed by atoms with Crippen molar-refractivity contribution in [3.63, 3.8) is 0 Å². The average Bonchev–Trinajstić information content (AvgIpc) is 2.45. The van der Waals surface area contributed by atoms with E-state index >= 15 is 0 Å². The zero-order valence-corrected chi connectivity index (χ0v) is 10.5. The largest absolute Gasteiger partial charge is 0.481 e. The van der Waals surface area contributed by atoms with Crippen LogP contribution in [-0.4, -0.2) is 6.61 Å². The predicted octanol–water partition coefficient (Wildman–Crippen LogP) is 3.68. The highest BCUT2D eigenvalue weighted by Crippen LogP contribution is 2.07. The third-order valence-corrected chi connectivity index (χ3v) is 2.65. The molecule has 0 aliphatic heterocycles. The van der Waals surface area contributed by atoms with Gasteiger partial charge in [0.15, 0.2) is 0 Å². The molecule has 0 spiro atoms. The summed E-state index contributed by atoms with van der Waals surface area (Å²) in [6.45, 7) is 2.56. The molecule has 0 amide bonds. The number of rotatable bonds is 3. The Balaban J connectivity index is 1.88. The predicted molar refractivity (Wildman–Crippen MR) is 74.6 cm³/mol. The minimum atomic E-state index is 0.416. The lowest BCUT2D eigenvalue weighted by Crippen LogP contribution is -1.93. The molecule has 2 aromatic rings. The Bertz CT molecular complexity index is 529. The van der Waals surface area contributed by atoms with Gasteiger partial charge in [0.05, 0.1) is 0 Å². The Kier molecular flexibility index (Phi) is 4.44. The fraction of sp³-hybridized carbons (Fsp3) is 0.176. The Morgan fingerprint density at radius 1 is 0.944 bits per heavy atom. The van der Waals surface area contributed by atoms with Crippen LogP contribution >= 0.6 is 0 Å².